The molecule has 0 saturated carbocycles. The maximum Gasteiger partial charge on any atom is 0.270 e. The summed E-state index contributed by atoms with van der Waals surface area (Å²) in [5.74, 6) is 1.44. The quantitative estimate of drug-likeness (QED) is 0.868. The number of aromatic nitrogens is 1. The number of nitrogens with one attached hydrogen (secondary N) is 1. The highest BCUT2D eigenvalue weighted by Gasteiger charge is 2.28. The Labute approximate surface area is 172 Å². The van der Waals surface area contributed by atoms with Crippen LogP contribution in [-0.2, 0) is 4.79 Å². The number of piperazine rings is 1. The van der Waals surface area contributed by atoms with Crippen molar-refractivity contribution in [3.8, 4) is 0 Å². The van der Waals surface area contributed by atoms with Crippen LogP contribution in [0.4, 0.5) is 0 Å². The van der Waals surface area contributed by atoms with Crippen molar-refractivity contribution in [2.75, 3.05) is 45.8 Å². The Kier molecular flexibility index (Phi) is 5.63. The molecule has 2 aromatic rings. The fourth-order valence-electron chi connectivity index (χ4n) is 4.79. The summed E-state index contributed by atoms with van der Waals surface area (Å²) in [7, 11) is 0. The molecule has 2 aliphatic heterocycles. The number of likely N-dealkylation sites (tertiary alicyclic amines) is 1. The van der Waals surface area contributed by atoms with Gasteiger partial charge in [0, 0.05) is 50.2 Å². The summed E-state index contributed by atoms with van der Waals surface area (Å²) in [6.07, 6.45) is 1.21. The second kappa shape index (κ2) is 8.19. The minimum atomic E-state index is 0.0449. The lowest BCUT2D eigenvalue weighted by Crippen LogP contribution is -2.53. The van der Waals surface area contributed by atoms with Crippen LogP contribution in [0.3, 0.4) is 0 Å². The van der Waals surface area contributed by atoms with Crippen LogP contribution in [0.15, 0.2) is 24.3 Å². The Hall–Kier alpha value is -2.34. The summed E-state index contributed by atoms with van der Waals surface area (Å²) in [5, 5.41) is 1.06. The van der Waals surface area contributed by atoms with E-state index in [1.165, 1.54) is 12.0 Å². The maximum absolute atomic E-state index is 12.9. The molecular weight excluding hydrogens is 364 g/mol. The minimum Gasteiger partial charge on any atom is -0.351 e. The molecule has 1 aromatic carbocycles. The zero-order valence-corrected chi connectivity index (χ0v) is 17.8. The van der Waals surface area contributed by atoms with E-state index >= 15 is 0 Å². The highest BCUT2D eigenvalue weighted by Crippen LogP contribution is 2.21. The number of piperidine rings is 1. The van der Waals surface area contributed by atoms with Crippen molar-refractivity contribution in [3.05, 3.63) is 35.5 Å². The molecule has 6 heteroatoms. The number of fused-ring (bicyclic) bond motifs is 1. The van der Waals surface area contributed by atoms with Gasteiger partial charge in [-0.05, 0) is 42.9 Å². The first-order valence-corrected chi connectivity index (χ1v) is 10.8. The van der Waals surface area contributed by atoms with Gasteiger partial charge in [0.2, 0.25) is 5.91 Å². The van der Waals surface area contributed by atoms with Crippen molar-refractivity contribution in [1.82, 2.24) is 19.7 Å². The van der Waals surface area contributed by atoms with Crippen LogP contribution in [0, 0.1) is 18.8 Å². The molecule has 1 N–H and O–H groups in total. The third kappa shape index (κ3) is 4.47. The zero-order chi connectivity index (χ0) is 20.5. The Balaban J connectivity index is 1.31. The molecule has 2 atom stereocenters. The average Bonchev–Trinajstić information content (AvgIpc) is 3.10. The van der Waals surface area contributed by atoms with Crippen LogP contribution in [0.1, 0.15) is 36.3 Å². The van der Waals surface area contributed by atoms with Gasteiger partial charge in [0.15, 0.2) is 0 Å². The van der Waals surface area contributed by atoms with E-state index in [0.717, 1.165) is 37.1 Å². The van der Waals surface area contributed by atoms with Gasteiger partial charge < -0.3 is 14.8 Å². The Morgan fingerprint density at radius 2 is 1.69 bits per heavy atom. The lowest BCUT2D eigenvalue weighted by molar-refractivity contribution is -0.135. The highest BCUT2D eigenvalue weighted by molar-refractivity contribution is 5.98. The first-order chi connectivity index (χ1) is 13.9. The summed E-state index contributed by atoms with van der Waals surface area (Å²) < 4.78 is 0. The molecule has 4 rings (SSSR count). The number of hydrogen-bond acceptors (Lipinski definition) is 3. The molecule has 0 bridgehead atoms. The molecule has 0 spiro atoms. The standard InChI is InChI=1S/C23H32N4O2/c1-16-4-5-19-12-21(24-20(19)11-16)23(29)26-8-6-25(7-9-26)15-22(28)27-13-17(2)10-18(3)14-27/h4-5,11-12,17-18,24H,6-10,13-15H2,1-3H3/t17-,18-/m0/s1. The van der Waals surface area contributed by atoms with Crippen LogP contribution >= 0.6 is 0 Å². The second-order valence-electron chi connectivity index (χ2n) is 9.09. The fourth-order valence-corrected chi connectivity index (χ4v) is 4.79. The molecule has 0 radical (unpaired) electrons. The van der Waals surface area contributed by atoms with Crippen LogP contribution < -0.4 is 0 Å². The summed E-state index contributed by atoms with van der Waals surface area (Å²) >= 11 is 0. The number of hydrogen-bond donors (Lipinski definition) is 1. The number of H-pyrrole nitrogens is 1. The second-order valence-corrected chi connectivity index (χ2v) is 9.09. The van der Waals surface area contributed by atoms with Crippen LogP contribution in [-0.4, -0.2) is 77.3 Å². The van der Waals surface area contributed by atoms with Crippen molar-refractivity contribution in [2.45, 2.75) is 27.2 Å². The predicted molar refractivity (Wildman–Crippen MR) is 115 cm³/mol. The van der Waals surface area contributed by atoms with Gasteiger partial charge in [0.25, 0.3) is 5.91 Å². The number of rotatable bonds is 3. The number of carbonyl (C=O) groups excluding carboxylic acids is 2. The summed E-state index contributed by atoms with van der Waals surface area (Å²) in [6, 6.07) is 8.11. The van der Waals surface area contributed by atoms with Crippen molar-refractivity contribution < 1.29 is 9.59 Å². The van der Waals surface area contributed by atoms with Crippen LogP contribution in [0.5, 0.6) is 0 Å². The number of aromatic amines is 1. The zero-order valence-electron chi connectivity index (χ0n) is 17.8. The van der Waals surface area contributed by atoms with E-state index in [2.05, 4.69) is 35.9 Å². The Bertz CT molecular complexity index is 887. The van der Waals surface area contributed by atoms with E-state index in [1.807, 2.05) is 28.9 Å². The summed E-state index contributed by atoms with van der Waals surface area (Å²) in [4.78, 5) is 35.0. The van der Waals surface area contributed by atoms with Crippen molar-refractivity contribution >= 4 is 22.7 Å². The molecule has 3 heterocycles. The molecule has 0 aliphatic carbocycles. The van der Waals surface area contributed by atoms with Gasteiger partial charge in [0.05, 0.1) is 6.54 Å². The van der Waals surface area contributed by atoms with Gasteiger partial charge in [-0.25, -0.2) is 0 Å². The lowest BCUT2D eigenvalue weighted by Gasteiger charge is -2.38. The first-order valence-electron chi connectivity index (χ1n) is 10.8. The van der Waals surface area contributed by atoms with E-state index in [-0.39, 0.29) is 11.8 Å². The average molecular weight is 397 g/mol. The van der Waals surface area contributed by atoms with E-state index < -0.39 is 0 Å². The number of amides is 2. The molecule has 156 valence electrons. The number of nitrogens with zero attached hydrogens (tertiary/aromatic N) is 3. The molecular formula is C23H32N4O2. The monoisotopic (exact) mass is 396 g/mol. The smallest absolute Gasteiger partial charge is 0.270 e. The summed E-state index contributed by atoms with van der Waals surface area (Å²) in [6.45, 7) is 11.5. The van der Waals surface area contributed by atoms with Gasteiger partial charge >= 0.3 is 0 Å². The normalized spacial score (nSPS) is 23.6. The van der Waals surface area contributed by atoms with E-state index in [1.54, 1.807) is 0 Å². The van der Waals surface area contributed by atoms with E-state index in [4.69, 9.17) is 0 Å². The predicted octanol–water partition coefficient (Wildman–Crippen LogP) is 2.74. The van der Waals surface area contributed by atoms with E-state index in [9.17, 15) is 9.59 Å². The van der Waals surface area contributed by atoms with Crippen molar-refractivity contribution in [2.24, 2.45) is 11.8 Å². The van der Waals surface area contributed by atoms with Crippen molar-refractivity contribution in [1.29, 1.82) is 0 Å². The van der Waals surface area contributed by atoms with Gasteiger partial charge in [-0.3, -0.25) is 14.5 Å². The van der Waals surface area contributed by atoms with E-state index in [0.29, 0.717) is 37.2 Å². The van der Waals surface area contributed by atoms with Crippen LogP contribution in [0.2, 0.25) is 0 Å². The highest BCUT2D eigenvalue weighted by atomic mass is 16.2. The van der Waals surface area contributed by atoms with Gasteiger partial charge in [-0.1, -0.05) is 26.0 Å². The molecule has 2 saturated heterocycles. The minimum absolute atomic E-state index is 0.0449. The molecule has 6 nitrogen and oxygen atoms in total. The molecule has 1 aromatic heterocycles. The molecule has 2 amide bonds. The third-order valence-electron chi connectivity index (χ3n) is 6.25. The molecule has 2 aliphatic rings. The van der Waals surface area contributed by atoms with Crippen LogP contribution in [0.25, 0.3) is 10.9 Å². The van der Waals surface area contributed by atoms with Crippen molar-refractivity contribution in [3.63, 3.8) is 0 Å². The molecule has 0 unspecified atom stereocenters. The Morgan fingerprint density at radius 3 is 2.38 bits per heavy atom. The number of aryl methyl sites for hydroxylation is 1. The maximum atomic E-state index is 12.9. The largest absolute Gasteiger partial charge is 0.351 e. The first kappa shape index (κ1) is 20.0. The summed E-state index contributed by atoms with van der Waals surface area (Å²) in [5.41, 5.74) is 2.82. The molecule has 29 heavy (non-hydrogen) atoms. The number of carbonyl (C=O) groups is 2. The number of benzene rings is 1. The van der Waals surface area contributed by atoms with Gasteiger partial charge in [-0.2, -0.15) is 0 Å². The SMILES string of the molecule is Cc1ccc2cc(C(=O)N3CCN(CC(=O)N4C[C@@H](C)C[C@H](C)C4)CC3)[nH]c2c1. The molecule has 2 fully saturated rings. The topological polar surface area (TPSA) is 59.7 Å². The Morgan fingerprint density at radius 1 is 1.00 bits per heavy atom. The fraction of sp³-hybridized carbons (Fsp3) is 0.565. The third-order valence-corrected chi connectivity index (χ3v) is 6.25. The van der Waals surface area contributed by atoms with Gasteiger partial charge in [-0.15, -0.1) is 0 Å². The van der Waals surface area contributed by atoms with Gasteiger partial charge in [0.1, 0.15) is 5.69 Å². The lowest BCUT2D eigenvalue weighted by atomic mass is 9.92.